The Balaban J connectivity index is 2.23. The average Bonchev–Trinajstić information content (AvgIpc) is 2.85. The number of carbonyl (C=O) groups is 1. The Kier molecular flexibility index (Phi) is 2.82. The van der Waals surface area contributed by atoms with Gasteiger partial charge in [-0.05, 0) is 19.9 Å². The third kappa shape index (κ3) is 2.12. The summed E-state index contributed by atoms with van der Waals surface area (Å²) < 4.78 is 1.64. The predicted molar refractivity (Wildman–Crippen MR) is 63.6 cm³/mol. The van der Waals surface area contributed by atoms with Crippen LogP contribution in [-0.2, 0) is 6.54 Å². The largest absolute Gasteiger partial charge is 0.394 e. The molecule has 1 amide bonds. The molecule has 0 atom stereocenters. The first-order valence-electron chi connectivity index (χ1n) is 5.26. The maximum absolute atomic E-state index is 12.0. The van der Waals surface area contributed by atoms with Crippen LogP contribution >= 0.6 is 0 Å². The number of nitrogens with zero attached hydrogens (tertiary/aromatic N) is 3. The van der Waals surface area contributed by atoms with Crippen molar-refractivity contribution in [3.8, 4) is 0 Å². The second-order valence-electron chi connectivity index (χ2n) is 3.64. The van der Waals surface area contributed by atoms with E-state index in [2.05, 4.69) is 20.6 Å². The summed E-state index contributed by atoms with van der Waals surface area (Å²) in [6.45, 7) is 4.40. The Bertz CT molecular complexity index is 541. The SMILES string of the molecule is CCn1nc(C)cc1C(=O)Nc1[nH]ncc1N. The van der Waals surface area contributed by atoms with Crippen molar-refractivity contribution < 1.29 is 4.79 Å². The van der Waals surface area contributed by atoms with Gasteiger partial charge in [0.25, 0.3) is 5.91 Å². The van der Waals surface area contributed by atoms with Crippen LogP contribution in [0.2, 0.25) is 0 Å². The molecule has 7 heteroatoms. The first kappa shape index (κ1) is 11.2. The number of anilines is 2. The van der Waals surface area contributed by atoms with Gasteiger partial charge in [0.05, 0.1) is 17.6 Å². The van der Waals surface area contributed by atoms with Gasteiger partial charge in [0.1, 0.15) is 5.69 Å². The molecule has 0 fully saturated rings. The summed E-state index contributed by atoms with van der Waals surface area (Å²) in [7, 11) is 0. The van der Waals surface area contributed by atoms with Crippen molar-refractivity contribution in [2.45, 2.75) is 20.4 Å². The number of aryl methyl sites for hydroxylation is 2. The maximum Gasteiger partial charge on any atom is 0.275 e. The molecule has 7 nitrogen and oxygen atoms in total. The maximum atomic E-state index is 12.0. The van der Waals surface area contributed by atoms with Gasteiger partial charge in [-0.2, -0.15) is 10.2 Å². The van der Waals surface area contributed by atoms with E-state index >= 15 is 0 Å². The minimum Gasteiger partial charge on any atom is -0.394 e. The highest BCUT2D eigenvalue weighted by molar-refractivity contribution is 6.03. The topological polar surface area (TPSA) is 102 Å². The van der Waals surface area contributed by atoms with Gasteiger partial charge in [-0.15, -0.1) is 0 Å². The lowest BCUT2D eigenvalue weighted by atomic mass is 10.3. The molecule has 0 unspecified atom stereocenters. The van der Waals surface area contributed by atoms with E-state index in [1.54, 1.807) is 10.7 Å². The fraction of sp³-hybridized carbons (Fsp3) is 0.300. The molecule has 4 N–H and O–H groups in total. The molecule has 2 aromatic heterocycles. The smallest absolute Gasteiger partial charge is 0.275 e. The molecule has 0 bridgehead atoms. The van der Waals surface area contributed by atoms with E-state index in [0.29, 0.717) is 23.7 Å². The van der Waals surface area contributed by atoms with Crippen LogP contribution in [0.5, 0.6) is 0 Å². The fourth-order valence-corrected chi connectivity index (χ4v) is 1.54. The molecule has 0 aliphatic heterocycles. The number of nitrogens with two attached hydrogens (primary N) is 1. The molecule has 2 aromatic rings. The van der Waals surface area contributed by atoms with Gasteiger partial charge in [-0.1, -0.05) is 0 Å². The quantitative estimate of drug-likeness (QED) is 0.729. The number of hydrogen-bond acceptors (Lipinski definition) is 4. The van der Waals surface area contributed by atoms with Crippen LogP contribution in [0.1, 0.15) is 23.1 Å². The molecule has 90 valence electrons. The monoisotopic (exact) mass is 234 g/mol. The Hall–Kier alpha value is -2.31. The lowest BCUT2D eigenvalue weighted by Crippen LogP contribution is -2.18. The van der Waals surface area contributed by atoms with Gasteiger partial charge in [0, 0.05) is 6.54 Å². The van der Waals surface area contributed by atoms with Crippen molar-refractivity contribution in [3.05, 3.63) is 23.7 Å². The molecular weight excluding hydrogens is 220 g/mol. The predicted octanol–water partition coefficient (Wildman–Crippen LogP) is 0.769. The highest BCUT2D eigenvalue weighted by atomic mass is 16.2. The van der Waals surface area contributed by atoms with Gasteiger partial charge < -0.3 is 11.1 Å². The number of H-pyrrole nitrogens is 1. The molecule has 0 spiro atoms. The van der Waals surface area contributed by atoms with Crippen molar-refractivity contribution in [2.75, 3.05) is 11.1 Å². The molecule has 2 heterocycles. The highest BCUT2D eigenvalue weighted by Gasteiger charge is 2.14. The Morgan fingerprint density at radius 2 is 2.41 bits per heavy atom. The normalized spacial score (nSPS) is 10.5. The van der Waals surface area contributed by atoms with E-state index in [1.807, 2.05) is 13.8 Å². The second-order valence-corrected chi connectivity index (χ2v) is 3.64. The third-order valence-corrected chi connectivity index (χ3v) is 2.34. The zero-order chi connectivity index (χ0) is 12.4. The van der Waals surface area contributed by atoms with Crippen LogP contribution in [0.3, 0.4) is 0 Å². The van der Waals surface area contributed by atoms with E-state index in [4.69, 9.17) is 5.73 Å². The van der Waals surface area contributed by atoms with Crippen LogP contribution in [0, 0.1) is 6.92 Å². The lowest BCUT2D eigenvalue weighted by molar-refractivity contribution is 0.101. The van der Waals surface area contributed by atoms with E-state index in [9.17, 15) is 4.79 Å². The van der Waals surface area contributed by atoms with Crippen molar-refractivity contribution in [1.82, 2.24) is 20.0 Å². The summed E-state index contributed by atoms with van der Waals surface area (Å²) in [6, 6.07) is 1.73. The van der Waals surface area contributed by atoms with Crippen molar-refractivity contribution in [1.29, 1.82) is 0 Å². The number of rotatable bonds is 3. The Morgan fingerprint density at radius 1 is 1.65 bits per heavy atom. The lowest BCUT2D eigenvalue weighted by Gasteiger charge is -2.05. The van der Waals surface area contributed by atoms with Gasteiger partial charge >= 0.3 is 0 Å². The summed E-state index contributed by atoms with van der Waals surface area (Å²) in [6.07, 6.45) is 1.44. The summed E-state index contributed by atoms with van der Waals surface area (Å²) in [5, 5.41) is 13.2. The van der Waals surface area contributed by atoms with Crippen molar-refractivity contribution in [2.24, 2.45) is 0 Å². The number of aromatic amines is 1. The number of aromatic nitrogens is 4. The van der Waals surface area contributed by atoms with E-state index in [-0.39, 0.29) is 5.91 Å². The number of hydrogen-bond donors (Lipinski definition) is 3. The summed E-state index contributed by atoms with van der Waals surface area (Å²) >= 11 is 0. The van der Waals surface area contributed by atoms with Crippen LogP contribution in [0.15, 0.2) is 12.3 Å². The van der Waals surface area contributed by atoms with Crippen LogP contribution in [-0.4, -0.2) is 25.9 Å². The average molecular weight is 234 g/mol. The summed E-state index contributed by atoms with van der Waals surface area (Å²) in [4.78, 5) is 12.0. The minimum absolute atomic E-state index is 0.261. The number of amides is 1. The zero-order valence-electron chi connectivity index (χ0n) is 9.69. The van der Waals surface area contributed by atoms with Gasteiger partial charge in [0.2, 0.25) is 0 Å². The Morgan fingerprint density at radius 3 is 3.00 bits per heavy atom. The van der Waals surface area contributed by atoms with E-state index in [1.165, 1.54) is 6.20 Å². The molecule has 0 saturated carbocycles. The van der Waals surface area contributed by atoms with E-state index in [0.717, 1.165) is 5.69 Å². The first-order valence-corrected chi connectivity index (χ1v) is 5.26. The van der Waals surface area contributed by atoms with E-state index < -0.39 is 0 Å². The zero-order valence-corrected chi connectivity index (χ0v) is 9.69. The molecule has 2 rings (SSSR count). The second kappa shape index (κ2) is 4.28. The summed E-state index contributed by atoms with van der Waals surface area (Å²) in [5.41, 5.74) is 7.31. The van der Waals surface area contributed by atoms with Gasteiger partial charge in [-0.3, -0.25) is 14.6 Å². The molecule has 0 radical (unpaired) electrons. The third-order valence-electron chi connectivity index (χ3n) is 2.34. The summed E-state index contributed by atoms with van der Waals surface area (Å²) in [5.74, 6) is 0.139. The molecule has 0 saturated heterocycles. The standard InChI is InChI=1S/C10H14N6O/c1-3-16-8(4-6(2)15-16)10(17)13-9-7(11)5-12-14-9/h4-5H,3,11H2,1-2H3,(H2,12,13,14,17). The number of nitrogens with one attached hydrogen (secondary N) is 2. The van der Waals surface area contributed by atoms with Gasteiger partial charge in [-0.25, -0.2) is 0 Å². The fourth-order valence-electron chi connectivity index (χ4n) is 1.54. The molecule has 0 aromatic carbocycles. The highest BCUT2D eigenvalue weighted by Crippen LogP contribution is 2.14. The van der Waals surface area contributed by atoms with Crippen LogP contribution in [0.4, 0.5) is 11.5 Å². The molecular formula is C10H14N6O. The van der Waals surface area contributed by atoms with Crippen LogP contribution in [0.25, 0.3) is 0 Å². The van der Waals surface area contributed by atoms with Crippen molar-refractivity contribution >= 4 is 17.4 Å². The van der Waals surface area contributed by atoms with Crippen LogP contribution < -0.4 is 11.1 Å². The Labute approximate surface area is 98.0 Å². The van der Waals surface area contributed by atoms with Crippen molar-refractivity contribution in [3.63, 3.8) is 0 Å². The van der Waals surface area contributed by atoms with Gasteiger partial charge in [0.15, 0.2) is 5.82 Å². The first-order chi connectivity index (χ1) is 8.11. The number of carbonyl (C=O) groups excluding carboxylic acids is 1. The number of nitrogen functional groups attached to an aromatic ring is 1. The minimum atomic E-state index is -0.261. The molecule has 0 aliphatic carbocycles. The molecule has 0 aliphatic rings. The molecule has 17 heavy (non-hydrogen) atoms.